The Bertz CT molecular complexity index is 1090. The maximum absolute atomic E-state index is 12.9. The molecule has 1 aliphatic rings. The van der Waals surface area contributed by atoms with Crippen LogP contribution in [0.15, 0.2) is 6.20 Å². The molecular formula is C51H97N5O4. The third kappa shape index (κ3) is 31.8. The number of esters is 2. The molecule has 0 atom stereocenters. The van der Waals surface area contributed by atoms with Crippen LogP contribution in [0, 0.1) is 0 Å². The van der Waals surface area contributed by atoms with Crippen molar-refractivity contribution in [3.8, 4) is 0 Å². The fraction of sp³-hybridized carbons (Fsp3) is 0.922. The fourth-order valence-corrected chi connectivity index (χ4v) is 8.67. The van der Waals surface area contributed by atoms with E-state index in [1.54, 1.807) is 0 Å². The second-order valence-electron chi connectivity index (χ2n) is 18.4. The minimum absolute atomic E-state index is 0.0203. The summed E-state index contributed by atoms with van der Waals surface area (Å²) in [7, 11) is 0. The third-order valence-corrected chi connectivity index (χ3v) is 12.6. The molecule has 0 aliphatic carbocycles. The van der Waals surface area contributed by atoms with Crippen molar-refractivity contribution in [2.45, 2.75) is 265 Å². The van der Waals surface area contributed by atoms with Gasteiger partial charge in [-0.05, 0) is 96.8 Å². The molecule has 1 aliphatic heterocycles. The van der Waals surface area contributed by atoms with E-state index in [0.29, 0.717) is 19.4 Å². The molecule has 0 bridgehead atoms. The summed E-state index contributed by atoms with van der Waals surface area (Å²) in [5.41, 5.74) is 1.07. The molecule has 1 aromatic rings. The normalized spacial score (nSPS) is 13.3. The van der Waals surface area contributed by atoms with Gasteiger partial charge in [-0.15, -0.1) is 5.10 Å². The van der Waals surface area contributed by atoms with E-state index in [0.717, 1.165) is 103 Å². The van der Waals surface area contributed by atoms with E-state index in [-0.39, 0.29) is 18.0 Å². The molecule has 0 spiro atoms. The van der Waals surface area contributed by atoms with Crippen LogP contribution in [-0.2, 0) is 32.2 Å². The summed E-state index contributed by atoms with van der Waals surface area (Å²) < 4.78 is 13.7. The van der Waals surface area contributed by atoms with Gasteiger partial charge in [0.1, 0.15) is 6.10 Å². The summed E-state index contributed by atoms with van der Waals surface area (Å²) in [6.45, 7) is 14.5. The highest BCUT2D eigenvalue weighted by atomic mass is 16.5. The van der Waals surface area contributed by atoms with Crippen LogP contribution in [0.25, 0.3) is 0 Å². The van der Waals surface area contributed by atoms with Gasteiger partial charge in [0.15, 0.2) is 0 Å². The Labute approximate surface area is 370 Å². The van der Waals surface area contributed by atoms with Gasteiger partial charge in [0.25, 0.3) is 0 Å². The minimum Gasteiger partial charge on any atom is -0.466 e. The minimum atomic E-state index is -0.0308. The molecule has 350 valence electrons. The van der Waals surface area contributed by atoms with Gasteiger partial charge in [-0.2, -0.15) is 0 Å². The van der Waals surface area contributed by atoms with Crippen LogP contribution in [0.2, 0.25) is 0 Å². The molecule has 0 N–H and O–H groups in total. The quantitative estimate of drug-likeness (QED) is 0.0474. The number of rotatable bonds is 44. The Morgan fingerprint density at radius 3 is 1.62 bits per heavy atom. The van der Waals surface area contributed by atoms with E-state index in [9.17, 15) is 9.59 Å². The van der Waals surface area contributed by atoms with Crippen molar-refractivity contribution in [2.24, 2.45) is 0 Å². The molecule has 2 heterocycles. The summed E-state index contributed by atoms with van der Waals surface area (Å²) in [5.74, 6) is -0.0105. The predicted octanol–water partition coefficient (Wildman–Crippen LogP) is 13.6. The van der Waals surface area contributed by atoms with Crippen molar-refractivity contribution >= 4 is 11.9 Å². The van der Waals surface area contributed by atoms with Gasteiger partial charge in [-0.1, -0.05) is 167 Å². The number of unbranched alkanes of at least 4 members (excludes halogenated alkanes) is 24. The summed E-state index contributed by atoms with van der Waals surface area (Å²) in [4.78, 5) is 30.3. The van der Waals surface area contributed by atoms with Gasteiger partial charge in [0, 0.05) is 32.1 Å². The van der Waals surface area contributed by atoms with Crippen LogP contribution < -0.4 is 0 Å². The predicted molar refractivity (Wildman–Crippen MR) is 251 cm³/mol. The Morgan fingerprint density at radius 2 is 1.05 bits per heavy atom. The second kappa shape index (κ2) is 39.8. The Kier molecular flexibility index (Phi) is 35.9. The van der Waals surface area contributed by atoms with Crippen LogP contribution in [0.3, 0.4) is 0 Å². The first-order valence-corrected chi connectivity index (χ1v) is 26.2. The molecule has 1 saturated heterocycles. The molecule has 0 unspecified atom stereocenters. The van der Waals surface area contributed by atoms with Crippen LogP contribution in [-0.4, -0.2) is 82.2 Å². The fourth-order valence-electron chi connectivity index (χ4n) is 8.67. The van der Waals surface area contributed by atoms with Gasteiger partial charge in [-0.3, -0.25) is 19.2 Å². The zero-order valence-corrected chi connectivity index (χ0v) is 39.9. The van der Waals surface area contributed by atoms with E-state index in [1.807, 2.05) is 4.68 Å². The number of carbonyl (C=O) groups excluding carboxylic acids is 2. The molecule has 0 aromatic carbocycles. The zero-order valence-electron chi connectivity index (χ0n) is 39.9. The first kappa shape index (κ1) is 54.1. The third-order valence-electron chi connectivity index (χ3n) is 12.6. The van der Waals surface area contributed by atoms with Crippen LogP contribution >= 0.6 is 0 Å². The van der Waals surface area contributed by atoms with Crippen molar-refractivity contribution < 1.29 is 19.1 Å². The lowest BCUT2D eigenvalue weighted by Gasteiger charge is -2.22. The van der Waals surface area contributed by atoms with Gasteiger partial charge in [-0.25, -0.2) is 0 Å². The van der Waals surface area contributed by atoms with Crippen molar-refractivity contribution in [3.05, 3.63) is 11.9 Å². The molecule has 9 nitrogen and oxygen atoms in total. The number of hydrogen-bond donors (Lipinski definition) is 0. The zero-order chi connectivity index (χ0) is 43.0. The monoisotopic (exact) mass is 844 g/mol. The van der Waals surface area contributed by atoms with Crippen molar-refractivity contribution in [1.29, 1.82) is 0 Å². The van der Waals surface area contributed by atoms with Crippen molar-refractivity contribution in [2.75, 3.05) is 39.3 Å². The van der Waals surface area contributed by atoms with Gasteiger partial charge in [0.05, 0.1) is 18.8 Å². The highest BCUT2D eigenvalue weighted by Gasteiger charge is 2.16. The number of nitrogens with zero attached hydrogens (tertiary/aromatic N) is 5. The molecule has 2 rings (SSSR count). The lowest BCUT2D eigenvalue weighted by molar-refractivity contribution is -0.150. The van der Waals surface area contributed by atoms with Crippen LogP contribution in [0.4, 0.5) is 0 Å². The Hall–Kier alpha value is -2.00. The number of hydrogen-bond acceptors (Lipinski definition) is 8. The Balaban J connectivity index is 1.66. The second-order valence-corrected chi connectivity index (χ2v) is 18.4. The SMILES string of the molecule is CCCCCCCCCCCOC(=O)CCCCCN(CCCCCCCC(=O)OC(CCCCCCCC)CCCCCCCC)CCn1cc(CN2CCCC2)nn1. The molecule has 60 heavy (non-hydrogen) atoms. The van der Waals surface area contributed by atoms with Gasteiger partial charge >= 0.3 is 11.9 Å². The molecule has 0 radical (unpaired) electrons. The molecule has 0 amide bonds. The highest BCUT2D eigenvalue weighted by molar-refractivity contribution is 5.69. The van der Waals surface area contributed by atoms with Crippen LogP contribution in [0.5, 0.6) is 0 Å². The standard InChI is InChI=1S/C51H97N5O4/c1-4-7-10-13-16-17-18-24-34-45-59-50(57)37-29-25-31-40-54(43-44-56-47-48(52-53-56)46-55-41-32-33-42-55)39-30-23-19-22-28-38-51(58)60-49(35-26-20-14-11-8-5-2)36-27-21-15-12-9-6-3/h47,49H,4-46H2,1-3H3. The van der Waals surface area contributed by atoms with Crippen molar-refractivity contribution in [3.63, 3.8) is 0 Å². The van der Waals surface area contributed by atoms with Crippen LogP contribution in [0.1, 0.15) is 251 Å². The van der Waals surface area contributed by atoms with E-state index >= 15 is 0 Å². The largest absolute Gasteiger partial charge is 0.466 e. The number of aromatic nitrogens is 3. The molecular weight excluding hydrogens is 747 g/mol. The molecule has 1 fully saturated rings. The van der Waals surface area contributed by atoms with E-state index in [1.165, 1.54) is 161 Å². The maximum atomic E-state index is 12.9. The average molecular weight is 844 g/mol. The molecule has 1 aromatic heterocycles. The van der Waals surface area contributed by atoms with E-state index in [4.69, 9.17) is 9.47 Å². The lowest BCUT2D eigenvalue weighted by atomic mass is 10.0. The average Bonchev–Trinajstić information content (AvgIpc) is 3.94. The van der Waals surface area contributed by atoms with E-state index < -0.39 is 0 Å². The number of ether oxygens (including phenoxy) is 2. The maximum Gasteiger partial charge on any atom is 0.306 e. The Morgan fingerprint density at radius 1 is 0.583 bits per heavy atom. The number of carbonyl (C=O) groups is 2. The van der Waals surface area contributed by atoms with Gasteiger partial charge < -0.3 is 14.4 Å². The summed E-state index contributed by atoms with van der Waals surface area (Å²) in [6, 6.07) is 0. The first-order chi connectivity index (χ1) is 29.5. The summed E-state index contributed by atoms with van der Waals surface area (Å²) >= 11 is 0. The van der Waals surface area contributed by atoms with Gasteiger partial charge in [0.2, 0.25) is 0 Å². The summed E-state index contributed by atoms with van der Waals surface area (Å²) in [5, 5.41) is 8.93. The smallest absolute Gasteiger partial charge is 0.306 e. The molecule has 0 saturated carbocycles. The topological polar surface area (TPSA) is 89.8 Å². The lowest BCUT2D eigenvalue weighted by Crippen LogP contribution is -2.30. The molecule has 9 heteroatoms. The first-order valence-electron chi connectivity index (χ1n) is 26.2. The van der Waals surface area contributed by atoms with Crippen molar-refractivity contribution in [1.82, 2.24) is 24.8 Å². The highest BCUT2D eigenvalue weighted by Crippen LogP contribution is 2.19. The number of likely N-dealkylation sites (tertiary alicyclic amines) is 1. The summed E-state index contributed by atoms with van der Waals surface area (Å²) in [6.07, 6.45) is 43.4. The van der Waals surface area contributed by atoms with E-state index in [2.05, 4.69) is 47.1 Å².